The van der Waals surface area contributed by atoms with Crippen LogP contribution in [0.1, 0.15) is 26.3 Å². The highest BCUT2D eigenvalue weighted by Gasteiger charge is 2.35. The second kappa shape index (κ2) is 8.77. The van der Waals surface area contributed by atoms with Gasteiger partial charge in [-0.3, -0.25) is 9.08 Å². The number of hydrogen-bond acceptors (Lipinski definition) is 6. The topological polar surface area (TPSA) is 82.1 Å². The molecule has 1 amide bonds. The van der Waals surface area contributed by atoms with E-state index in [1.165, 1.54) is 0 Å². The van der Waals surface area contributed by atoms with Gasteiger partial charge in [-0.2, -0.15) is 8.42 Å². The van der Waals surface area contributed by atoms with Crippen LogP contribution in [-0.2, 0) is 30.2 Å². The molecule has 0 aliphatic carbocycles. The van der Waals surface area contributed by atoms with Gasteiger partial charge in [-0.05, 0) is 44.9 Å². The molecule has 9 heteroatoms. The third-order valence-electron chi connectivity index (χ3n) is 3.85. The number of rotatable bonds is 5. The third-order valence-corrected chi connectivity index (χ3v) is 4.66. The molecule has 2 atom stereocenters. The van der Waals surface area contributed by atoms with Crippen molar-refractivity contribution in [1.82, 2.24) is 4.90 Å². The van der Waals surface area contributed by atoms with Crippen molar-refractivity contribution in [1.29, 1.82) is 0 Å². The normalized spacial score (nSPS) is 21.1. The molecule has 1 saturated heterocycles. The molecular weight excluding hydrogens is 394 g/mol. The summed E-state index contributed by atoms with van der Waals surface area (Å²) in [6, 6.07) is 7.14. The predicted molar refractivity (Wildman–Crippen MR) is 102 cm³/mol. The Hall–Kier alpha value is -1.35. The average Bonchev–Trinajstić information content (AvgIpc) is 2.53. The van der Waals surface area contributed by atoms with Gasteiger partial charge in [0.05, 0.1) is 32.1 Å². The number of nitrogens with zero attached hydrogens (tertiary/aromatic N) is 1. The van der Waals surface area contributed by atoms with Gasteiger partial charge in [-0.25, -0.2) is 4.79 Å². The number of hydrogen-bond donors (Lipinski definition) is 0. The van der Waals surface area contributed by atoms with Crippen LogP contribution in [-0.4, -0.2) is 63.2 Å². The standard InChI is InChI=1S/C18H26ClNO6S/c1-18(2,3)26-17(21)20-10-16(12-25-27(4,22)23)24-11-15(20)9-13-5-7-14(19)8-6-13/h5-8,15-16H,9-12H2,1-4H3/t15-,16+/m0/s1. The maximum atomic E-state index is 12.7. The van der Waals surface area contributed by atoms with Gasteiger partial charge < -0.3 is 9.47 Å². The molecular formula is C18H26ClNO6S. The van der Waals surface area contributed by atoms with Gasteiger partial charge in [0, 0.05) is 5.02 Å². The number of ether oxygens (including phenoxy) is 2. The fourth-order valence-corrected chi connectivity index (χ4v) is 3.19. The highest BCUT2D eigenvalue weighted by molar-refractivity contribution is 7.85. The molecule has 0 saturated carbocycles. The Balaban J connectivity index is 2.11. The third kappa shape index (κ3) is 7.65. The van der Waals surface area contributed by atoms with Crippen molar-refractivity contribution < 1.29 is 26.9 Å². The first-order valence-electron chi connectivity index (χ1n) is 8.63. The van der Waals surface area contributed by atoms with E-state index < -0.39 is 27.9 Å². The van der Waals surface area contributed by atoms with Crippen LogP contribution in [0.25, 0.3) is 0 Å². The monoisotopic (exact) mass is 419 g/mol. The summed E-state index contributed by atoms with van der Waals surface area (Å²) in [6.07, 6.45) is 0.531. The van der Waals surface area contributed by atoms with Gasteiger partial charge in [0.1, 0.15) is 11.7 Å². The van der Waals surface area contributed by atoms with E-state index >= 15 is 0 Å². The molecule has 1 fully saturated rings. The van der Waals surface area contributed by atoms with Crippen molar-refractivity contribution in [2.24, 2.45) is 0 Å². The molecule has 1 aromatic carbocycles. The number of benzene rings is 1. The number of morpholine rings is 1. The first kappa shape index (κ1) is 21.9. The van der Waals surface area contributed by atoms with E-state index in [1.54, 1.807) is 37.8 Å². The molecule has 1 aromatic rings. The van der Waals surface area contributed by atoms with Crippen LogP contribution in [0.15, 0.2) is 24.3 Å². The minimum Gasteiger partial charge on any atom is -0.444 e. The SMILES string of the molecule is CC(C)(C)OC(=O)N1C[C@H](COS(C)(=O)=O)OC[C@@H]1Cc1ccc(Cl)cc1. The van der Waals surface area contributed by atoms with Crippen molar-refractivity contribution in [2.45, 2.75) is 44.9 Å². The average molecular weight is 420 g/mol. The molecule has 1 aliphatic heterocycles. The summed E-state index contributed by atoms with van der Waals surface area (Å²) >= 11 is 5.92. The van der Waals surface area contributed by atoms with E-state index in [1.807, 2.05) is 12.1 Å². The van der Waals surface area contributed by atoms with Crippen LogP contribution in [0.3, 0.4) is 0 Å². The van der Waals surface area contributed by atoms with Gasteiger partial charge in [0.2, 0.25) is 0 Å². The van der Waals surface area contributed by atoms with Crippen LogP contribution in [0.4, 0.5) is 4.79 Å². The highest BCUT2D eigenvalue weighted by atomic mass is 35.5. The molecule has 0 spiro atoms. The van der Waals surface area contributed by atoms with Crippen molar-refractivity contribution >= 4 is 27.8 Å². The van der Waals surface area contributed by atoms with Crippen molar-refractivity contribution in [3.63, 3.8) is 0 Å². The first-order chi connectivity index (χ1) is 12.4. The maximum absolute atomic E-state index is 12.7. The molecule has 0 unspecified atom stereocenters. The number of amides is 1. The Morgan fingerprint density at radius 3 is 2.48 bits per heavy atom. The molecule has 0 bridgehead atoms. The van der Waals surface area contributed by atoms with E-state index in [9.17, 15) is 13.2 Å². The lowest BCUT2D eigenvalue weighted by Gasteiger charge is -2.40. The fourth-order valence-electron chi connectivity index (χ4n) is 2.66. The Labute approximate surface area is 165 Å². The summed E-state index contributed by atoms with van der Waals surface area (Å²) in [6.45, 7) is 5.67. The summed E-state index contributed by atoms with van der Waals surface area (Å²) < 4.78 is 38.5. The quantitative estimate of drug-likeness (QED) is 0.682. The molecule has 0 aromatic heterocycles. The molecule has 2 rings (SSSR count). The largest absolute Gasteiger partial charge is 0.444 e. The van der Waals surface area contributed by atoms with Crippen LogP contribution < -0.4 is 0 Å². The summed E-state index contributed by atoms with van der Waals surface area (Å²) in [5.74, 6) is 0. The molecule has 7 nitrogen and oxygen atoms in total. The zero-order valence-electron chi connectivity index (χ0n) is 16.0. The molecule has 27 heavy (non-hydrogen) atoms. The molecule has 152 valence electrons. The summed E-state index contributed by atoms with van der Waals surface area (Å²) in [4.78, 5) is 14.3. The van der Waals surface area contributed by atoms with Crippen molar-refractivity contribution in [3.05, 3.63) is 34.9 Å². The Bertz CT molecular complexity index is 744. The Morgan fingerprint density at radius 1 is 1.30 bits per heavy atom. The van der Waals surface area contributed by atoms with Crippen LogP contribution in [0, 0.1) is 0 Å². The summed E-state index contributed by atoms with van der Waals surface area (Å²) in [7, 11) is -3.58. The van der Waals surface area contributed by atoms with E-state index in [4.69, 9.17) is 25.3 Å². The zero-order chi connectivity index (χ0) is 20.2. The zero-order valence-corrected chi connectivity index (χ0v) is 17.5. The maximum Gasteiger partial charge on any atom is 0.410 e. The van der Waals surface area contributed by atoms with Gasteiger partial charge in [-0.1, -0.05) is 23.7 Å². The molecule has 1 heterocycles. The number of halogens is 1. The lowest BCUT2D eigenvalue weighted by atomic mass is 10.0. The lowest BCUT2D eigenvalue weighted by molar-refractivity contribution is -0.0805. The first-order valence-corrected chi connectivity index (χ1v) is 10.8. The highest BCUT2D eigenvalue weighted by Crippen LogP contribution is 2.21. The van der Waals surface area contributed by atoms with Gasteiger partial charge in [0.25, 0.3) is 10.1 Å². The molecule has 0 radical (unpaired) electrons. The predicted octanol–water partition coefficient (Wildman–Crippen LogP) is 2.86. The van der Waals surface area contributed by atoms with Crippen LogP contribution in [0.5, 0.6) is 0 Å². The van der Waals surface area contributed by atoms with Crippen molar-refractivity contribution in [2.75, 3.05) is 26.0 Å². The second-order valence-corrected chi connectivity index (χ2v) is 9.64. The van der Waals surface area contributed by atoms with Gasteiger partial charge in [0.15, 0.2) is 0 Å². The van der Waals surface area contributed by atoms with Crippen LogP contribution in [0.2, 0.25) is 5.02 Å². The van der Waals surface area contributed by atoms with E-state index in [-0.39, 0.29) is 25.8 Å². The lowest BCUT2D eigenvalue weighted by Crippen LogP contribution is -2.55. The van der Waals surface area contributed by atoms with Gasteiger partial charge >= 0.3 is 6.09 Å². The fraction of sp³-hybridized carbons (Fsp3) is 0.611. The minimum atomic E-state index is -3.58. The smallest absolute Gasteiger partial charge is 0.410 e. The van der Waals surface area contributed by atoms with Gasteiger partial charge in [-0.15, -0.1) is 0 Å². The number of carbonyl (C=O) groups is 1. The molecule has 1 aliphatic rings. The Morgan fingerprint density at radius 2 is 1.93 bits per heavy atom. The Kier molecular flexibility index (Phi) is 7.13. The minimum absolute atomic E-state index is 0.147. The van der Waals surface area contributed by atoms with Crippen LogP contribution >= 0.6 is 11.6 Å². The van der Waals surface area contributed by atoms with Crippen molar-refractivity contribution in [3.8, 4) is 0 Å². The van der Waals surface area contributed by atoms with E-state index in [2.05, 4.69) is 0 Å². The van der Waals surface area contributed by atoms with E-state index in [0.717, 1.165) is 11.8 Å². The summed E-state index contributed by atoms with van der Waals surface area (Å²) in [5, 5.41) is 0.639. The second-order valence-electron chi connectivity index (χ2n) is 7.56. The van der Waals surface area contributed by atoms with E-state index in [0.29, 0.717) is 11.4 Å². The number of carbonyl (C=O) groups excluding carboxylic acids is 1. The molecule has 0 N–H and O–H groups in total. The summed E-state index contributed by atoms with van der Waals surface area (Å²) in [5.41, 5.74) is 0.367.